The largest absolute Gasteiger partial charge is 0.490 e. The number of aliphatic imine (C=N–C) groups is 1. The minimum absolute atomic E-state index is 0.140. The van der Waals surface area contributed by atoms with E-state index in [0.29, 0.717) is 28.7 Å². The number of anilines is 1. The van der Waals surface area contributed by atoms with Crippen molar-refractivity contribution in [3.63, 3.8) is 0 Å². The lowest BCUT2D eigenvalue weighted by molar-refractivity contribution is -0.139. The zero-order chi connectivity index (χ0) is 25.3. The van der Waals surface area contributed by atoms with Crippen LogP contribution in [0.5, 0.6) is 11.5 Å². The van der Waals surface area contributed by atoms with Gasteiger partial charge in [0.1, 0.15) is 5.00 Å². The summed E-state index contributed by atoms with van der Waals surface area (Å²) >= 11 is 1.59. The van der Waals surface area contributed by atoms with Gasteiger partial charge in [-0.1, -0.05) is 31.0 Å². The summed E-state index contributed by atoms with van der Waals surface area (Å²) in [6.45, 7) is 1.81. The molecule has 1 aromatic heterocycles. The molecule has 8 heteroatoms. The van der Waals surface area contributed by atoms with E-state index >= 15 is 0 Å². The zero-order valence-electron chi connectivity index (χ0n) is 20.3. The fourth-order valence-electron chi connectivity index (χ4n) is 4.21. The molecule has 0 bridgehead atoms. The Hall–Kier alpha value is -3.65. The minimum Gasteiger partial charge on any atom is -0.490 e. The third-order valence-corrected chi connectivity index (χ3v) is 7.06. The van der Waals surface area contributed by atoms with Crippen molar-refractivity contribution in [1.82, 2.24) is 0 Å². The fourth-order valence-corrected chi connectivity index (χ4v) is 5.44. The zero-order valence-corrected chi connectivity index (χ0v) is 21.1. The number of fused-ring (bicyclic) bond motifs is 1. The van der Waals surface area contributed by atoms with Crippen molar-refractivity contribution in [3.05, 3.63) is 70.1 Å². The molecular weight excluding hydrogens is 476 g/mol. The van der Waals surface area contributed by atoms with Crippen LogP contribution in [0.1, 0.15) is 59.0 Å². The van der Waals surface area contributed by atoms with Crippen LogP contribution in [0.25, 0.3) is 0 Å². The van der Waals surface area contributed by atoms with Crippen LogP contribution < -0.4 is 14.8 Å². The molecule has 2 aromatic carbocycles. The van der Waals surface area contributed by atoms with E-state index < -0.39 is 12.6 Å². The molecule has 0 saturated heterocycles. The lowest BCUT2D eigenvalue weighted by Crippen LogP contribution is -2.14. The van der Waals surface area contributed by atoms with Gasteiger partial charge in [0.05, 0.1) is 12.2 Å². The molecule has 4 rings (SSSR count). The molecule has 0 radical (unpaired) electrons. The number of carboxylic acid groups (broad SMARTS) is 1. The SMILES string of the molecule is CCOc1cc(C=Nc2sc3c(c2C(=O)Nc2ccccc2)CCCCCC3)ccc1OCC(=O)O. The van der Waals surface area contributed by atoms with Gasteiger partial charge in [-0.3, -0.25) is 4.79 Å². The quantitative estimate of drug-likeness (QED) is 0.333. The molecule has 0 saturated carbocycles. The van der Waals surface area contributed by atoms with Crippen molar-refractivity contribution >= 4 is 40.1 Å². The van der Waals surface area contributed by atoms with Crippen LogP contribution in [0.2, 0.25) is 0 Å². The molecule has 3 aromatic rings. The predicted octanol–water partition coefficient (Wildman–Crippen LogP) is 6.27. The van der Waals surface area contributed by atoms with Crippen molar-refractivity contribution in [2.75, 3.05) is 18.5 Å². The van der Waals surface area contributed by atoms with Crippen LogP contribution in [0.15, 0.2) is 53.5 Å². The maximum atomic E-state index is 13.4. The molecule has 1 aliphatic rings. The van der Waals surface area contributed by atoms with Gasteiger partial charge in [0.25, 0.3) is 5.91 Å². The molecule has 0 atom stereocenters. The molecule has 188 valence electrons. The summed E-state index contributed by atoms with van der Waals surface area (Å²) in [5.74, 6) is -0.391. The number of aryl methyl sites for hydroxylation is 1. The monoisotopic (exact) mass is 506 g/mol. The smallest absolute Gasteiger partial charge is 0.341 e. The number of amides is 1. The summed E-state index contributed by atoms with van der Waals surface area (Å²) in [5.41, 5.74) is 3.29. The number of carbonyl (C=O) groups excluding carboxylic acids is 1. The van der Waals surface area contributed by atoms with Crippen molar-refractivity contribution in [2.45, 2.75) is 45.4 Å². The Balaban J connectivity index is 1.65. The van der Waals surface area contributed by atoms with Crippen molar-refractivity contribution in [3.8, 4) is 11.5 Å². The van der Waals surface area contributed by atoms with Gasteiger partial charge in [0.15, 0.2) is 18.1 Å². The maximum Gasteiger partial charge on any atom is 0.341 e. The Bertz CT molecular complexity index is 1240. The van der Waals surface area contributed by atoms with Crippen molar-refractivity contribution in [1.29, 1.82) is 0 Å². The van der Waals surface area contributed by atoms with E-state index in [1.165, 1.54) is 17.7 Å². The second-order valence-electron chi connectivity index (χ2n) is 8.50. The number of thiophene rings is 1. The highest BCUT2D eigenvalue weighted by Crippen LogP contribution is 2.39. The summed E-state index contributed by atoms with van der Waals surface area (Å²) in [5, 5.41) is 12.6. The van der Waals surface area contributed by atoms with Crippen LogP contribution in [-0.4, -0.2) is 36.4 Å². The second kappa shape index (κ2) is 12.4. The summed E-state index contributed by atoms with van der Waals surface area (Å²) < 4.78 is 11.0. The van der Waals surface area contributed by atoms with E-state index in [-0.39, 0.29) is 5.91 Å². The topological polar surface area (TPSA) is 97.2 Å². The first-order chi connectivity index (χ1) is 17.5. The fraction of sp³-hybridized carbons (Fsp3) is 0.321. The molecule has 36 heavy (non-hydrogen) atoms. The number of rotatable bonds is 9. The number of carboxylic acids is 1. The van der Waals surface area contributed by atoms with E-state index in [2.05, 4.69) is 5.32 Å². The van der Waals surface area contributed by atoms with Gasteiger partial charge < -0.3 is 19.9 Å². The lowest BCUT2D eigenvalue weighted by atomic mass is 9.96. The molecule has 0 fully saturated rings. The average Bonchev–Trinajstić information content (AvgIpc) is 3.19. The number of benzene rings is 2. The highest BCUT2D eigenvalue weighted by atomic mass is 32.1. The number of carbonyl (C=O) groups is 2. The normalized spacial score (nSPS) is 13.5. The van der Waals surface area contributed by atoms with Gasteiger partial charge >= 0.3 is 5.97 Å². The highest BCUT2D eigenvalue weighted by molar-refractivity contribution is 7.16. The Morgan fingerprint density at radius 3 is 2.56 bits per heavy atom. The summed E-state index contributed by atoms with van der Waals surface area (Å²) in [4.78, 5) is 30.3. The third-order valence-electron chi connectivity index (χ3n) is 5.86. The molecule has 0 spiro atoms. The van der Waals surface area contributed by atoms with E-state index in [1.54, 1.807) is 35.8 Å². The minimum atomic E-state index is -1.06. The van der Waals surface area contributed by atoms with Gasteiger partial charge in [0, 0.05) is 16.8 Å². The van der Waals surface area contributed by atoms with Crippen LogP contribution in [-0.2, 0) is 17.6 Å². The van der Waals surface area contributed by atoms with Gasteiger partial charge in [-0.25, -0.2) is 9.79 Å². The molecular formula is C28H30N2O5S. The number of nitrogens with one attached hydrogen (secondary N) is 1. The van der Waals surface area contributed by atoms with Crippen LogP contribution in [0, 0.1) is 0 Å². The first-order valence-corrected chi connectivity index (χ1v) is 13.0. The van der Waals surface area contributed by atoms with Gasteiger partial charge in [-0.15, -0.1) is 11.3 Å². The molecule has 0 unspecified atom stereocenters. The second-order valence-corrected chi connectivity index (χ2v) is 9.58. The molecule has 2 N–H and O–H groups in total. The molecule has 0 aliphatic heterocycles. The average molecular weight is 507 g/mol. The Morgan fingerprint density at radius 1 is 1.03 bits per heavy atom. The van der Waals surface area contributed by atoms with E-state index in [9.17, 15) is 9.59 Å². The Labute approximate surface area is 214 Å². The Kier molecular flexibility index (Phi) is 8.73. The third kappa shape index (κ3) is 6.51. The number of hydrogen-bond acceptors (Lipinski definition) is 6. The van der Waals surface area contributed by atoms with Crippen molar-refractivity contribution in [2.24, 2.45) is 4.99 Å². The summed E-state index contributed by atoms with van der Waals surface area (Å²) in [6, 6.07) is 14.7. The number of ether oxygens (including phenoxy) is 2. The lowest BCUT2D eigenvalue weighted by Gasteiger charge is -2.12. The summed E-state index contributed by atoms with van der Waals surface area (Å²) in [7, 11) is 0. The summed E-state index contributed by atoms with van der Waals surface area (Å²) in [6.07, 6.45) is 8.11. The number of para-hydroxylation sites is 1. The molecule has 1 amide bonds. The number of hydrogen-bond donors (Lipinski definition) is 2. The predicted molar refractivity (Wildman–Crippen MR) is 143 cm³/mol. The number of nitrogens with zero attached hydrogens (tertiary/aromatic N) is 1. The van der Waals surface area contributed by atoms with Crippen LogP contribution in [0.3, 0.4) is 0 Å². The van der Waals surface area contributed by atoms with Gasteiger partial charge in [-0.2, -0.15) is 0 Å². The van der Waals surface area contributed by atoms with E-state index in [1.807, 2.05) is 37.3 Å². The molecule has 1 aliphatic carbocycles. The first-order valence-electron chi connectivity index (χ1n) is 12.2. The maximum absolute atomic E-state index is 13.4. The van der Waals surface area contributed by atoms with Crippen molar-refractivity contribution < 1.29 is 24.2 Å². The highest BCUT2D eigenvalue weighted by Gasteiger charge is 2.24. The molecule has 7 nitrogen and oxygen atoms in total. The Morgan fingerprint density at radius 2 is 1.81 bits per heavy atom. The number of aliphatic carboxylic acids is 1. The molecule has 1 heterocycles. The first kappa shape index (κ1) is 25.4. The van der Waals surface area contributed by atoms with Crippen LogP contribution >= 0.6 is 11.3 Å². The van der Waals surface area contributed by atoms with Gasteiger partial charge in [-0.05, 0) is 74.1 Å². The van der Waals surface area contributed by atoms with E-state index in [4.69, 9.17) is 19.6 Å². The van der Waals surface area contributed by atoms with Crippen LogP contribution in [0.4, 0.5) is 10.7 Å². The van der Waals surface area contributed by atoms with E-state index in [0.717, 1.165) is 42.5 Å². The van der Waals surface area contributed by atoms with Gasteiger partial charge in [0.2, 0.25) is 0 Å². The standard InChI is InChI=1S/C28H30N2O5S/c1-2-34-23-16-19(14-15-22(23)35-18-25(31)32)17-29-28-26(27(33)30-20-10-6-5-7-11-20)21-12-8-3-4-9-13-24(21)36-28/h5-7,10-11,14-17H,2-4,8-9,12-13,18H2,1H3,(H,30,33)(H,31,32).